The van der Waals surface area contributed by atoms with Gasteiger partial charge in [0.1, 0.15) is 23.9 Å². The minimum absolute atomic E-state index is 0.180. The number of carbonyl (C=O) groups is 3. The molecule has 0 spiro atoms. The predicted molar refractivity (Wildman–Crippen MR) is 159 cm³/mol. The summed E-state index contributed by atoms with van der Waals surface area (Å²) in [4.78, 5) is 40.2. The Balaban J connectivity index is 1.67. The SMILES string of the molecule is CCOC(=O)CN(C(=O)c1ccccc1)c1cc(Br)c(Oc2ccc(OC)c(C(=O)c3ccc(F)cc3)c2)c(Br)c1. The van der Waals surface area contributed by atoms with E-state index in [-0.39, 0.29) is 30.4 Å². The van der Waals surface area contributed by atoms with Gasteiger partial charge in [-0.15, -0.1) is 0 Å². The molecule has 7 nitrogen and oxygen atoms in total. The Bertz CT molecular complexity index is 1550. The van der Waals surface area contributed by atoms with E-state index in [2.05, 4.69) is 31.9 Å². The number of benzene rings is 4. The maximum atomic E-state index is 13.4. The third kappa shape index (κ3) is 7.20. The van der Waals surface area contributed by atoms with Gasteiger partial charge in [-0.3, -0.25) is 19.3 Å². The Kier molecular flexibility index (Phi) is 9.91. The van der Waals surface area contributed by atoms with E-state index in [0.717, 1.165) is 0 Å². The number of halogens is 3. The first-order valence-corrected chi connectivity index (χ1v) is 14.0. The molecule has 4 aromatic rings. The second-order valence-electron chi connectivity index (χ2n) is 8.60. The van der Waals surface area contributed by atoms with Crippen molar-refractivity contribution in [1.29, 1.82) is 0 Å². The molecule has 0 heterocycles. The monoisotopic (exact) mass is 683 g/mol. The van der Waals surface area contributed by atoms with Crippen LogP contribution in [0.5, 0.6) is 17.2 Å². The number of rotatable bonds is 10. The van der Waals surface area contributed by atoms with Gasteiger partial charge in [0.05, 0.1) is 28.2 Å². The molecule has 0 N–H and O–H groups in total. The molecule has 0 saturated heterocycles. The molecule has 4 aromatic carbocycles. The summed E-state index contributed by atoms with van der Waals surface area (Å²) >= 11 is 7.02. The summed E-state index contributed by atoms with van der Waals surface area (Å²) < 4.78 is 30.9. The fraction of sp³-hybridized carbons (Fsp3) is 0.129. The molecular weight excluding hydrogens is 661 g/mol. The van der Waals surface area contributed by atoms with Crippen LogP contribution in [0.2, 0.25) is 0 Å². The van der Waals surface area contributed by atoms with Crippen LogP contribution >= 0.6 is 31.9 Å². The molecule has 0 bridgehead atoms. The highest BCUT2D eigenvalue weighted by atomic mass is 79.9. The Hall–Kier alpha value is -4.02. The van der Waals surface area contributed by atoms with Crippen molar-refractivity contribution in [1.82, 2.24) is 0 Å². The van der Waals surface area contributed by atoms with E-state index in [1.807, 2.05) is 0 Å². The molecule has 210 valence electrons. The van der Waals surface area contributed by atoms with Crippen LogP contribution in [0.15, 0.2) is 93.9 Å². The Morgan fingerprint density at radius 1 is 0.854 bits per heavy atom. The number of hydrogen-bond acceptors (Lipinski definition) is 6. The van der Waals surface area contributed by atoms with Crippen LogP contribution < -0.4 is 14.4 Å². The van der Waals surface area contributed by atoms with Gasteiger partial charge in [-0.1, -0.05) is 18.2 Å². The average Bonchev–Trinajstić information content (AvgIpc) is 2.98. The van der Waals surface area contributed by atoms with Crippen molar-refractivity contribution < 1.29 is 33.0 Å². The zero-order valence-electron chi connectivity index (χ0n) is 22.0. The lowest BCUT2D eigenvalue weighted by atomic mass is 10.0. The second kappa shape index (κ2) is 13.6. The Morgan fingerprint density at radius 2 is 1.51 bits per heavy atom. The van der Waals surface area contributed by atoms with Gasteiger partial charge in [0.15, 0.2) is 11.5 Å². The van der Waals surface area contributed by atoms with E-state index in [4.69, 9.17) is 14.2 Å². The summed E-state index contributed by atoms with van der Waals surface area (Å²) in [6.45, 7) is 1.58. The number of carbonyl (C=O) groups excluding carboxylic acids is 3. The van der Waals surface area contributed by atoms with E-state index >= 15 is 0 Å². The molecule has 0 aliphatic carbocycles. The van der Waals surface area contributed by atoms with E-state index in [0.29, 0.717) is 43.0 Å². The third-order valence-corrected chi connectivity index (χ3v) is 7.07. The van der Waals surface area contributed by atoms with Crippen molar-refractivity contribution in [2.75, 3.05) is 25.2 Å². The minimum Gasteiger partial charge on any atom is -0.496 e. The number of nitrogens with zero attached hydrogens (tertiary/aromatic N) is 1. The molecule has 0 aromatic heterocycles. The number of amides is 1. The summed E-state index contributed by atoms with van der Waals surface area (Å²) in [5, 5.41) is 0. The van der Waals surface area contributed by atoms with Gasteiger partial charge >= 0.3 is 5.97 Å². The van der Waals surface area contributed by atoms with Crippen LogP contribution in [0.3, 0.4) is 0 Å². The molecule has 0 aliphatic rings. The van der Waals surface area contributed by atoms with Crippen molar-refractivity contribution in [3.05, 3.63) is 116 Å². The summed E-state index contributed by atoms with van der Waals surface area (Å²) in [6, 6.07) is 21.9. The molecule has 10 heteroatoms. The topological polar surface area (TPSA) is 82.1 Å². The maximum Gasteiger partial charge on any atom is 0.326 e. The molecule has 1 amide bonds. The number of ketones is 1. The normalized spacial score (nSPS) is 10.6. The van der Waals surface area contributed by atoms with Crippen molar-refractivity contribution in [2.45, 2.75) is 6.92 Å². The summed E-state index contributed by atoms with van der Waals surface area (Å²) in [5.41, 5.74) is 1.34. The zero-order chi connectivity index (χ0) is 29.5. The van der Waals surface area contributed by atoms with Gasteiger partial charge in [0.25, 0.3) is 5.91 Å². The lowest BCUT2D eigenvalue weighted by Crippen LogP contribution is -2.36. The first-order valence-electron chi connectivity index (χ1n) is 12.4. The van der Waals surface area contributed by atoms with Gasteiger partial charge < -0.3 is 14.2 Å². The zero-order valence-corrected chi connectivity index (χ0v) is 25.2. The maximum absolute atomic E-state index is 13.4. The van der Waals surface area contributed by atoms with Crippen LogP contribution in [0.4, 0.5) is 10.1 Å². The fourth-order valence-corrected chi connectivity index (χ4v) is 5.28. The first-order chi connectivity index (χ1) is 19.7. The molecule has 41 heavy (non-hydrogen) atoms. The van der Waals surface area contributed by atoms with Crippen molar-refractivity contribution in [3.8, 4) is 17.2 Å². The standard InChI is InChI=1S/C31H24Br2FNO6/c1-3-40-28(36)18-35(31(38)20-7-5-4-6-8-20)22-15-25(32)30(26(33)16-22)41-23-13-14-27(39-2)24(17-23)29(37)19-9-11-21(34)12-10-19/h4-17H,3,18H2,1-2H3. The number of anilines is 1. The highest BCUT2D eigenvalue weighted by Gasteiger charge is 2.24. The van der Waals surface area contributed by atoms with Crippen LogP contribution in [0.25, 0.3) is 0 Å². The molecule has 0 fully saturated rings. The fourth-order valence-electron chi connectivity index (χ4n) is 3.96. The first kappa shape index (κ1) is 30.0. The summed E-state index contributed by atoms with van der Waals surface area (Å²) in [7, 11) is 1.45. The van der Waals surface area contributed by atoms with Gasteiger partial charge in [0.2, 0.25) is 0 Å². The van der Waals surface area contributed by atoms with Crippen LogP contribution in [-0.2, 0) is 9.53 Å². The lowest BCUT2D eigenvalue weighted by molar-refractivity contribution is -0.141. The van der Waals surface area contributed by atoms with Crippen molar-refractivity contribution in [3.63, 3.8) is 0 Å². The predicted octanol–water partition coefficient (Wildman–Crippen LogP) is 7.59. The molecule has 4 rings (SSSR count). The highest BCUT2D eigenvalue weighted by Crippen LogP contribution is 2.41. The van der Waals surface area contributed by atoms with Crippen molar-refractivity contribution >= 4 is 55.2 Å². The molecule has 0 saturated carbocycles. The summed E-state index contributed by atoms with van der Waals surface area (Å²) in [5.74, 6) is -0.735. The molecule has 0 radical (unpaired) electrons. The van der Waals surface area contributed by atoms with Crippen LogP contribution in [-0.4, -0.2) is 37.9 Å². The molecule has 0 aliphatic heterocycles. The Morgan fingerprint density at radius 3 is 2.12 bits per heavy atom. The van der Waals surface area contributed by atoms with Gasteiger partial charge in [0, 0.05) is 16.8 Å². The van der Waals surface area contributed by atoms with Gasteiger partial charge in [-0.05, 0) is 106 Å². The lowest BCUT2D eigenvalue weighted by Gasteiger charge is -2.23. The Labute approximate surface area is 253 Å². The third-order valence-electron chi connectivity index (χ3n) is 5.90. The van der Waals surface area contributed by atoms with E-state index in [9.17, 15) is 18.8 Å². The van der Waals surface area contributed by atoms with Gasteiger partial charge in [-0.2, -0.15) is 0 Å². The molecule has 0 unspecified atom stereocenters. The smallest absolute Gasteiger partial charge is 0.326 e. The summed E-state index contributed by atoms with van der Waals surface area (Å²) in [6.07, 6.45) is 0. The van der Waals surface area contributed by atoms with Crippen molar-refractivity contribution in [2.24, 2.45) is 0 Å². The van der Waals surface area contributed by atoms with Crippen LogP contribution in [0, 0.1) is 5.82 Å². The number of ether oxygens (including phenoxy) is 3. The van der Waals surface area contributed by atoms with E-state index < -0.39 is 11.8 Å². The van der Waals surface area contributed by atoms with E-state index in [1.54, 1.807) is 61.5 Å². The quantitative estimate of drug-likeness (QED) is 0.126. The molecular formula is C31H24Br2FNO6. The number of hydrogen-bond donors (Lipinski definition) is 0. The minimum atomic E-state index is -0.555. The largest absolute Gasteiger partial charge is 0.496 e. The highest BCUT2D eigenvalue weighted by molar-refractivity contribution is 9.11. The van der Waals surface area contributed by atoms with Crippen LogP contribution in [0.1, 0.15) is 33.2 Å². The molecule has 0 atom stereocenters. The average molecular weight is 685 g/mol. The number of methoxy groups -OCH3 is 1. The number of esters is 1. The second-order valence-corrected chi connectivity index (χ2v) is 10.3. The van der Waals surface area contributed by atoms with E-state index in [1.165, 1.54) is 42.3 Å². The van der Waals surface area contributed by atoms with Gasteiger partial charge in [-0.25, -0.2) is 4.39 Å².